The molecule has 0 radical (unpaired) electrons. The zero-order valence-corrected chi connectivity index (χ0v) is 11.1. The Hall–Kier alpha value is -2.64. The highest BCUT2D eigenvalue weighted by molar-refractivity contribution is 6.01. The van der Waals surface area contributed by atoms with Crippen molar-refractivity contribution in [3.8, 4) is 0 Å². The molecule has 0 aromatic carbocycles. The topological polar surface area (TPSA) is 103 Å². The minimum Gasteiger partial charge on any atom is -0.395 e. The number of carbonyl (C=O) groups excluding carboxylic acids is 1. The van der Waals surface area contributed by atoms with Crippen LogP contribution in [-0.2, 0) is 6.54 Å². The number of nitrogens with one attached hydrogen (secondary N) is 1. The summed E-state index contributed by atoms with van der Waals surface area (Å²) in [5, 5.41) is 17.2. The van der Waals surface area contributed by atoms with Gasteiger partial charge in [0.1, 0.15) is 10.7 Å². The lowest BCUT2D eigenvalue weighted by Gasteiger charge is -2.09. The summed E-state index contributed by atoms with van der Waals surface area (Å²) >= 11 is 0. The quantitative estimate of drug-likeness (QED) is 0.667. The summed E-state index contributed by atoms with van der Waals surface area (Å²) in [5.41, 5.74) is 0. The van der Waals surface area contributed by atoms with Crippen LogP contribution in [0.4, 0.5) is 11.7 Å². The Bertz CT molecular complexity index is 629. The second kappa shape index (κ2) is 5.55. The van der Waals surface area contributed by atoms with Crippen LogP contribution in [0.5, 0.6) is 0 Å². The first-order valence-electron chi connectivity index (χ1n) is 6.04. The Morgan fingerprint density at radius 3 is 2.85 bits per heavy atom. The van der Waals surface area contributed by atoms with E-state index in [0.29, 0.717) is 18.3 Å². The molecule has 0 spiro atoms. The van der Waals surface area contributed by atoms with Crippen LogP contribution in [0.15, 0.2) is 28.8 Å². The summed E-state index contributed by atoms with van der Waals surface area (Å²) in [4.78, 5) is 21.7. The van der Waals surface area contributed by atoms with E-state index in [4.69, 9.17) is 4.42 Å². The molecular weight excluding hydrogens is 264 g/mol. The van der Waals surface area contributed by atoms with Crippen molar-refractivity contribution >= 4 is 17.6 Å². The molecule has 0 saturated heterocycles. The van der Waals surface area contributed by atoms with E-state index in [1.54, 1.807) is 16.9 Å². The number of aromatic nitrogens is 2. The van der Waals surface area contributed by atoms with Gasteiger partial charge in [0.05, 0.1) is 12.3 Å². The molecule has 0 saturated carbocycles. The van der Waals surface area contributed by atoms with E-state index >= 15 is 0 Å². The monoisotopic (exact) mass is 278 g/mol. The van der Waals surface area contributed by atoms with Crippen molar-refractivity contribution in [3.63, 3.8) is 0 Å². The van der Waals surface area contributed by atoms with Gasteiger partial charge in [0.25, 0.3) is 5.91 Å². The molecule has 1 N–H and O–H groups in total. The summed E-state index contributed by atoms with van der Waals surface area (Å²) in [7, 11) is 0. The van der Waals surface area contributed by atoms with E-state index in [0.717, 1.165) is 6.07 Å². The van der Waals surface area contributed by atoms with Gasteiger partial charge in [0.2, 0.25) is 0 Å². The van der Waals surface area contributed by atoms with Crippen molar-refractivity contribution in [1.29, 1.82) is 0 Å². The number of amides is 1. The van der Waals surface area contributed by atoms with E-state index in [1.807, 2.05) is 13.8 Å². The number of rotatable bonds is 5. The van der Waals surface area contributed by atoms with Gasteiger partial charge in [-0.05, 0) is 12.0 Å². The molecule has 0 unspecified atom stereocenters. The number of nitro groups is 1. The highest BCUT2D eigenvalue weighted by Gasteiger charge is 2.18. The molecule has 0 fully saturated rings. The van der Waals surface area contributed by atoms with Gasteiger partial charge in [0.15, 0.2) is 5.76 Å². The molecule has 8 heteroatoms. The van der Waals surface area contributed by atoms with Crippen molar-refractivity contribution in [3.05, 3.63) is 40.3 Å². The van der Waals surface area contributed by atoms with Gasteiger partial charge in [-0.25, -0.2) is 4.68 Å². The predicted octanol–water partition coefficient (Wildman–Crippen LogP) is 2.29. The van der Waals surface area contributed by atoms with Crippen molar-refractivity contribution in [2.75, 3.05) is 5.32 Å². The Balaban J connectivity index is 2.11. The summed E-state index contributed by atoms with van der Waals surface area (Å²) < 4.78 is 6.49. The standard InChI is InChI=1S/C12H14N4O4/c1-8(2)7-15-10(5-6-13-15)14-12(17)9-3-4-11(20-9)16(18)19/h3-6,8H,7H2,1-2H3,(H,14,17). The number of furan rings is 1. The van der Waals surface area contributed by atoms with Crippen molar-refractivity contribution in [1.82, 2.24) is 9.78 Å². The van der Waals surface area contributed by atoms with Gasteiger partial charge < -0.3 is 9.73 Å². The first-order chi connectivity index (χ1) is 9.47. The highest BCUT2D eigenvalue weighted by atomic mass is 16.6. The van der Waals surface area contributed by atoms with Gasteiger partial charge in [-0.1, -0.05) is 13.8 Å². The fourth-order valence-corrected chi connectivity index (χ4v) is 1.66. The lowest BCUT2D eigenvalue weighted by atomic mass is 10.2. The summed E-state index contributed by atoms with van der Waals surface area (Å²) in [6.45, 7) is 4.72. The lowest BCUT2D eigenvalue weighted by Crippen LogP contribution is -2.16. The zero-order chi connectivity index (χ0) is 14.7. The number of anilines is 1. The minimum atomic E-state index is -0.695. The summed E-state index contributed by atoms with van der Waals surface area (Å²) in [6, 6.07) is 4.05. The van der Waals surface area contributed by atoms with Crippen LogP contribution in [0, 0.1) is 16.0 Å². The van der Waals surface area contributed by atoms with Crippen molar-refractivity contribution in [2.24, 2.45) is 5.92 Å². The summed E-state index contributed by atoms with van der Waals surface area (Å²) in [5.74, 6) is -0.249. The second-order valence-electron chi connectivity index (χ2n) is 4.64. The van der Waals surface area contributed by atoms with Gasteiger partial charge in [-0.2, -0.15) is 5.10 Å². The molecule has 20 heavy (non-hydrogen) atoms. The molecule has 106 valence electrons. The molecule has 1 amide bonds. The molecule has 2 heterocycles. The molecular formula is C12H14N4O4. The second-order valence-corrected chi connectivity index (χ2v) is 4.64. The van der Waals surface area contributed by atoms with Crippen LogP contribution in [0.2, 0.25) is 0 Å². The van der Waals surface area contributed by atoms with Crippen LogP contribution in [0.1, 0.15) is 24.4 Å². The Morgan fingerprint density at radius 2 is 2.25 bits per heavy atom. The Morgan fingerprint density at radius 1 is 1.50 bits per heavy atom. The maximum Gasteiger partial charge on any atom is 0.433 e. The average Bonchev–Trinajstić information content (AvgIpc) is 2.98. The fraction of sp³-hybridized carbons (Fsp3) is 0.333. The summed E-state index contributed by atoms with van der Waals surface area (Å²) in [6.07, 6.45) is 1.57. The van der Waals surface area contributed by atoms with Gasteiger partial charge in [-0.3, -0.25) is 14.9 Å². The predicted molar refractivity (Wildman–Crippen MR) is 70.4 cm³/mol. The van der Waals surface area contributed by atoms with E-state index in [-0.39, 0.29) is 5.76 Å². The maximum atomic E-state index is 11.9. The third kappa shape index (κ3) is 3.02. The Kier molecular flexibility index (Phi) is 3.83. The molecule has 0 aliphatic carbocycles. The molecule has 2 aromatic rings. The van der Waals surface area contributed by atoms with Crippen molar-refractivity contribution in [2.45, 2.75) is 20.4 Å². The largest absolute Gasteiger partial charge is 0.433 e. The number of nitrogens with zero attached hydrogens (tertiary/aromatic N) is 3. The first-order valence-corrected chi connectivity index (χ1v) is 6.04. The maximum absolute atomic E-state index is 11.9. The van der Waals surface area contributed by atoms with Crippen LogP contribution < -0.4 is 5.32 Å². The van der Waals surface area contributed by atoms with Crippen LogP contribution in [0.25, 0.3) is 0 Å². The Labute approximate surface area is 114 Å². The van der Waals surface area contributed by atoms with E-state index in [1.165, 1.54) is 6.07 Å². The molecule has 0 bridgehead atoms. The van der Waals surface area contributed by atoms with Gasteiger partial charge in [0, 0.05) is 12.6 Å². The van der Waals surface area contributed by atoms with Gasteiger partial charge in [-0.15, -0.1) is 0 Å². The molecule has 2 rings (SSSR count). The fourth-order valence-electron chi connectivity index (χ4n) is 1.66. The molecule has 0 aliphatic heterocycles. The molecule has 0 atom stereocenters. The normalized spacial score (nSPS) is 10.8. The van der Waals surface area contributed by atoms with Crippen LogP contribution in [0.3, 0.4) is 0 Å². The minimum absolute atomic E-state index is 0.117. The molecule has 0 aliphatic rings. The lowest BCUT2D eigenvalue weighted by molar-refractivity contribution is -0.402. The third-order valence-corrected chi connectivity index (χ3v) is 2.49. The first kappa shape index (κ1) is 13.8. The van der Waals surface area contributed by atoms with E-state index in [2.05, 4.69) is 10.4 Å². The van der Waals surface area contributed by atoms with Crippen LogP contribution in [-0.4, -0.2) is 20.6 Å². The van der Waals surface area contributed by atoms with E-state index in [9.17, 15) is 14.9 Å². The third-order valence-electron chi connectivity index (χ3n) is 2.49. The zero-order valence-electron chi connectivity index (χ0n) is 11.1. The van der Waals surface area contributed by atoms with Crippen LogP contribution >= 0.6 is 0 Å². The smallest absolute Gasteiger partial charge is 0.395 e. The van der Waals surface area contributed by atoms with Gasteiger partial charge >= 0.3 is 5.88 Å². The molecule has 8 nitrogen and oxygen atoms in total. The highest BCUT2D eigenvalue weighted by Crippen LogP contribution is 2.17. The van der Waals surface area contributed by atoms with Crippen molar-refractivity contribution < 1.29 is 14.1 Å². The average molecular weight is 278 g/mol. The number of hydrogen-bond acceptors (Lipinski definition) is 5. The number of hydrogen-bond donors (Lipinski definition) is 1. The molecule has 2 aromatic heterocycles. The number of carbonyl (C=O) groups is 1. The van der Waals surface area contributed by atoms with E-state index < -0.39 is 16.7 Å². The SMILES string of the molecule is CC(C)Cn1nccc1NC(=O)c1ccc([N+](=O)[O-])o1.